The molecule has 0 atom stereocenters. The Labute approximate surface area is 118 Å². The van der Waals surface area contributed by atoms with Gasteiger partial charge in [0.15, 0.2) is 0 Å². The smallest absolute Gasteiger partial charge is 0.123 e. The van der Waals surface area contributed by atoms with Crippen molar-refractivity contribution in [1.29, 1.82) is 0 Å². The van der Waals surface area contributed by atoms with E-state index < -0.39 is 0 Å². The molecule has 0 bridgehead atoms. The number of aryl methyl sites for hydroxylation is 3. The lowest BCUT2D eigenvalue weighted by atomic mass is 10.2. The number of phenolic OH excluding ortho intramolecular Hbond substituents is 2. The maximum absolute atomic E-state index is 9.65. The number of aromatic nitrogens is 2. The fourth-order valence-corrected chi connectivity index (χ4v) is 2.18. The van der Waals surface area contributed by atoms with Gasteiger partial charge in [-0.25, -0.2) is 0 Å². The summed E-state index contributed by atoms with van der Waals surface area (Å²) in [5.41, 5.74) is 3.01. The van der Waals surface area contributed by atoms with Crippen LogP contribution in [-0.2, 0) is 13.1 Å². The van der Waals surface area contributed by atoms with Crippen molar-refractivity contribution in [2.24, 2.45) is 0 Å². The summed E-state index contributed by atoms with van der Waals surface area (Å²) >= 11 is 0. The molecule has 0 aliphatic heterocycles. The van der Waals surface area contributed by atoms with Crippen LogP contribution in [0.15, 0.2) is 24.3 Å². The number of hydrogen-bond donors (Lipinski definition) is 3. The summed E-state index contributed by atoms with van der Waals surface area (Å²) in [6, 6.07) is 6.72. The van der Waals surface area contributed by atoms with Gasteiger partial charge in [0, 0.05) is 30.4 Å². The zero-order valence-electron chi connectivity index (χ0n) is 11.9. The highest BCUT2D eigenvalue weighted by Crippen LogP contribution is 2.22. The second kappa shape index (κ2) is 6.43. The van der Waals surface area contributed by atoms with E-state index in [0.717, 1.165) is 30.8 Å². The fourth-order valence-electron chi connectivity index (χ4n) is 2.18. The predicted molar refractivity (Wildman–Crippen MR) is 77.8 cm³/mol. The van der Waals surface area contributed by atoms with Crippen LogP contribution in [0.4, 0.5) is 0 Å². The molecule has 3 N–H and O–H groups in total. The van der Waals surface area contributed by atoms with E-state index in [4.69, 9.17) is 0 Å². The first kappa shape index (κ1) is 14.4. The maximum atomic E-state index is 9.65. The van der Waals surface area contributed by atoms with Crippen molar-refractivity contribution in [2.75, 3.05) is 6.54 Å². The van der Waals surface area contributed by atoms with E-state index in [1.54, 1.807) is 12.1 Å². The van der Waals surface area contributed by atoms with Crippen molar-refractivity contribution in [3.63, 3.8) is 0 Å². The highest BCUT2D eigenvalue weighted by Gasteiger charge is 2.02. The Balaban J connectivity index is 1.73. The van der Waals surface area contributed by atoms with Gasteiger partial charge in [-0.3, -0.25) is 4.68 Å². The van der Waals surface area contributed by atoms with Crippen LogP contribution in [0, 0.1) is 13.8 Å². The summed E-state index contributed by atoms with van der Waals surface area (Å²) in [4.78, 5) is 0. The number of phenols is 2. The fraction of sp³-hybridized carbons (Fsp3) is 0.400. The van der Waals surface area contributed by atoms with Crippen LogP contribution >= 0.6 is 0 Å². The minimum absolute atomic E-state index is 0.0794. The Morgan fingerprint density at radius 3 is 2.65 bits per heavy atom. The third-order valence-electron chi connectivity index (χ3n) is 3.21. The number of benzene rings is 1. The Kier molecular flexibility index (Phi) is 4.63. The summed E-state index contributed by atoms with van der Waals surface area (Å²) in [5.74, 6) is 0.201. The maximum Gasteiger partial charge on any atom is 0.123 e. The first-order valence-electron chi connectivity index (χ1n) is 6.79. The quantitative estimate of drug-likeness (QED) is 0.706. The molecule has 0 radical (unpaired) electrons. The lowest BCUT2D eigenvalue weighted by Gasteiger charge is -2.08. The molecule has 2 rings (SSSR count). The SMILES string of the molecule is Cc1cc(C)n(CCCNCc2ccc(O)cc2O)n1. The van der Waals surface area contributed by atoms with Gasteiger partial charge in [-0.15, -0.1) is 0 Å². The molecule has 2 aromatic rings. The zero-order chi connectivity index (χ0) is 14.5. The Morgan fingerprint density at radius 1 is 1.20 bits per heavy atom. The summed E-state index contributed by atoms with van der Waals surface area (Å²) in [6.07, 6.45) is 0.973. The van der Waals surface area contributed by atoms with Crippen molar-refractivity contribution in [3.8, 4) is 11.5 Å². The summed E-state index contributed by atoms with van der Waals surface area (Å²) < 4.78 is 2.01. The number of nitrogens with one attached hydrogen (secondary N) is 1. The number of hydrogen-bond acceptors (Lipinski definition) is 4. The van der Waals surface area contributed by atoms with Crippen molar-refractivity contribution >= 4 is 0 Å². The zero-order valence-corrected chi connectivity index (χ0v) is 11.9. The van der Waals surface area contributed by atoms with Crippen LogP contribution in [0.25, 0.3) is 0 Å². The minimum Gasteiger partial charge on any atom is -0.508 e. The van der Waals surface area contributed by atoms with E-state index >= 15 is 0 Å². The second-order valence-electron chi connectivity index (χ2n) is 4.99. The topological polar surface area (TPSA) is 70.3 Å². The van der Waals surface area contributed by atoms with Gasteiger partial charge in [0.25, 0.3) is 0 Å². The molecule has 0 saturated carbocycles. The normalized spacial score (nSPS) is 10.9. The van der Waals surface area contributed by atoms with Gasteiger partial charge in [-0.1, -0.05) is 6.07 Å². The van der Waals surface area contributed by atoms with Gasteiger partial charge in [0.05, 0.1) is 5.69 Å². The summed E-state index contributed by atoms with van der Waals surface area (Å²) in [6.45, 7) is 6.37. The van der Waals surface area contributed by atoms with Gasteiger partial charge in [-0.2, -0.15) is 5.10 Å². The van der Waals surface area contributed by atoms with E-state index in [2.05, 4.69) is 23.4 Å². The molecule has 5 heteroatoms. The molecule has 0 aliphatic carbocycles. The molecule has 0 fully saturated rings. The first-order chi connectivity index (χ1) is 9.56. The first-order valence-corrected chi connectivity index (χ1v) is 6.79. The van der Waals surface area contributed by atoms with Crippen LogP contribution < -0.4 is 5.32 Å². The van der Waals surface area contributed by atoms with E-state index in [0.29, 0.717) is 6.54 Å². The monoisotopic (exact) mass is 275 g/mol. The van der Waals surface area contributed by atoms with Gasteiger partial charge in [0.1, 0.15) is 11.5 Å². The predicted octanol–water partition coefficient (Wildman–Crippen LogP) is 2.09. The molecule has 0 amide bonds. The average Bonchev–Trinajstić information content (AvgIpc) is 2.70. The number of rotatable bonds is 6. The van der Waals surface area contributed by atoms with Crippen LogP contribution in [0.1, 0.15) is 23.4 Å². The Morgan fingerprint density at radius 2 is 2.00 bits per heavy atom. The molecule has 1 aromatic heterocycles. The lowest BCUT2D eigenvalue weighted by molar-refractivity contribution is 0.443. The minimum atomic E-state index is 0.0794. The van der Waals surface area contributed by atoms with Crippen molar-refractivity contribution in [2.45, 2.75) is 33.4 Å². The van der Waals surface area contributed by atoms with E-state index in [9.17, 15) is 10.2 Å². The molecule has 0 spiro atoms. The standard InChI is InChI=1S/C15H21N3O2/c1-11-8-12(2)18(17-11)7-3-6-16-10-13-4-5-14(19)9-15(13)20/h4-5,8-9,16,19-20H,3,6-7,10H2,1-2H3. The molecule has 1 heterocycles. The molecule has 5 nitrogen and oxygen atoms in total. The molecule has 1 aromatic carbocycles. The summed E-state index contributed by atoms with van der Waals surface area (Å²) in [7, 11) is 0. The third-order valence-corrected chi connectivity index (χ3v) is 3.21. The Bertz CT molecular complexity index is 578. The highest BCUT2D eigenvalue weighted by molar-refractivity contribution is 5.38. The summed E-state index contributed by atoms with van der Waals surface area (Å²) in [5, 5.41) is 26.5. The molecule has 0 unspecified atom stereocenters. The molecule has 0 aliphatic rings. The third kappa shape index (κ3) is 3.74. The molecule has 108 valence electrons. The van der Waals surface area contributed by atoms with Crippen molar-refractivity contribution < 1.29 is 10.2 Å². The van der Waals surface area contributed by atoms with Crippen LogP contribution in [0.3, 0.4) is 0 Å². The molecular formula is C15H21N3O2. The second-order valence-corrected chi connectivity index (χ2v) is 4.99. The van der Waals surface area contributed by atoms with Crippen LogP contribution in [-0.4, -0.2) is 26.5 Å². The van der Waals surface area contributed by atoms with Crippen molar-refractivity contribution in [3.05, 3.63) is 41.2 Å². The number of nitrogens with zero attached hydrogens (tertiary/aromatic N) is 2. The average molecular weight is 275 g/mol. The van der Waals surface area contributed by atoms with Crippen molar-refractivity contribution in [1.82, 2.24) is 15.1 Å². The molecule has 0 saturated heterocycles. The van der Waals surface area contributed by atoms with E-state index in [1.165, 1.54) is 11.8 Å². The highest BCUT2D eigenvalue weighted by atomic mass is 16.3. The van der Waals surface area contributed by atoms with Gasteiger partial charge in [0.2, 0.25) is 0 Å². The van der Waals surface area contributed by atoms with Gasteiger partial charge >= 0.3 is 0 Å². The Hall–Kier alpha value is -2.01. The van der Waals surface area contributed by atoms with Gasteiger partial charge in [-0.05, 0) is 38.9 Å². The molecule has 20 heavy (non-hydrogen) atoms. The van der Waals surface area contributed by atoms with E-state index in [-0.39, 0.29) is 11.5 Å². The largest absolute Gasteiger partial charge is 0.508 e. The number of aromatic hydroxyl groups is 2. The van der Waals surface area contributed by atoms with Gasteiger partial charge < -0.3 is 15.5 Å². The van der Waals surface area contributed by atoms with E-state index in [1.807, 2.05) is 11.6 Å². The molecular weight excluding hydrogens is 254 g/mol. The lowest BCUT2D eigenvalue weighted by Crippen LogP contribution is -2.17. The van der Waals surface area contributed by atoms with Crippen LogP contribution in [0.5, 0.6) is 11.5 Å². The van der Waals surface area contributed by atoms with Crippen LogP contribution in [0.2, 0.25) is 0 Å².